The number of hydrogen-bond acceptors (Lipinski definition) is 3. The topological polar surface area (TPSA) is 38.8 Å². The molecule has 0 aliphatic rings. The fourth-order valence-electron chi connectivity index (χ4n) is 1.42. The molecule has 0 aliphatic carbocycles. The zero-order valence-electron chi connectivity index (χ0n) is 13.0. The zero-order valence-corrected chi connectivity index (χ0v) is 13.0. The molecule has 0 aromatic heterocycles. The first-order valence-electron chi connectivity index (χ1n) is 6.63. The van der Waals surface area contributed by atoms with Crippen molar-refractivity contribution in [2.24, 2.45) is 0 Å². The molecule has 21 heavy (non-hydrogen) atoms. The van der Waals surface area contributed by atoms with Crippen LogP contribution in [0.3, 0.4) is 0 Å². The van der Waals surface area contributed by atoms with Crippen LogP contribution in [0.2, 0.25) is 0 Å². The smallest absolute Gasteiger partial charge is 0.422 e. The van der Waals surface area contributed by atoms with E-state index in [-0.39, 0.29) is 0 Å². The lowest BCUT2D eigenvalue weighted by molar-refractivity contribution is 0.0368. The van der Waals surface area contributed by atoms with Gasteiger partial charge in [0.25, 0.3) is 0 Å². The van der Waals surface area contributed by atoms with Crippen LogP contribution in [0.4, 0.5) is 4.79 Å². The van der Waals surface area contributed by atoms with Crippen LogP contribution in [0, 0.1) is 12.0 Å². The summed E-state index contributed by atoms with van der Waals surface area (Å²) in [7, 11) is 1.61. The van der Waals surface area contributed by atoms with E-state index in [2.05, 4.69) is 18.5 Å². The van der Waals surface area contributed by atoms with Gasteiger partial charge in [-0.2, -0.15) is 0 Å². The predicted octanol–water partition coefficient (Wildman–Crippen LogP) is 3.43. The van der Waals surface area contributed by atoms with Gasteiger partial charge in [0.05, 0.1) is 13.7 Å². The van der Waals surface area contributed by atoms with Crippen molar-refractivity contribution in [3.8, 4) is 17.7 Å². The number of methoxy groups -OCH3 is 1. The highest BCUT2D eigenvalue weighted by Gasteiger charge is 2.20. The summed E-state index contributed by atoms with van der Waals surface area (Å²) in [5.74, 6) is 3.68. The van der Waals surface area contributed by atoms with Crippen LogP contribution in [0.15, 0.2) is 36.9 Å². The molecule has 0 saturated heterocycles. The van der Waals surface area contributed by atoms with Crippen LogP contribution in [-0.4, -0.2) is 30.2 Å². The zero-order chi connectivity index (χ0) is 15.9. The van der Waals surface area contributed by atoms with Crippen molar-refractivity contribution in [1.82, 2.24) is 4.90 Å². The average Bonchev–Trinajstić information content (AvgIpc) is 2.42. The molecular weight excluding hydrogens is 266 g/mol. The van der Waals surface area contributed by atoms with Crippen molar-refractivity contribution in [1.29, 1.82) is 0 Å². The Hall–Kier alpha value is -2.41. The first-order valence-corrected chi connectivity index (χ1v) is 6.63. The van der Waals surface area contributed by atoms with Gasteiger partial charge in [0.15, 0.2) is 0 Å². The first kappa shape index (κ1) is 16.6. The molecule has 112 valence electrons. The van der Waals surface area contributed by atoms with E-state index >= 15 is 0 Å². The number of ether oxygens (including phenoxy) is 2. The number of benzene rings is 1. The maximum atomic E-state index is 12.0. The third-order valence-corrected chi connectivity index (χ3v) is 2.35. The molecule has 1 aromatic carbocycles. The molecule has 0 bridgehead atoms. The summed E-state index contributed by atoms with van der Waals surface area (Å²) in [4.78, 5) is 13.3. The highest BCUT2D eigenvalue weighted by atomic mass is 16.6. The Bertz CT molecular complexity index is 544. The molecule has 0 heterocycles. The number of hydrogen-bond donors (Lipinski definition) is 0. The van der Waals surface area contributed by atoms with Gasteiger partial charge in [-0.05, 0) is 51.0 Å². The molecular formula is C17H21NO3. The summed E-state index contributed by atoms with van der Waals surface area (Å²) in [6, 6.07) is 10.1. The summed E-state index contributed by atoms with van der Waals surface area (Å²) < 4.78 is 10.4. The lowest BCUT2D eigenvalue weighted by Crippen LogP contribution is -2.34. The molecule has 0 spiro atoms. The van der Waals surface area contributed by atoms with Crippen LogP contribution >= 0.6 is 0 Å². The third-order valence-electron chi connectivity index (χ3n) is 2.35. The maximum absolute atomic E-state index is 12.0. The number of carbonyl (C=O) groups is 1. The molecule has 0 fully saturated rings. The van der Waals surface area contributed by atoms with Crippen LogP contribution in [-0.2, 0) is 4.74 Å². The van der Waals surface area contributed by atoms with Crippen LogP contribution in [0.25, 0.3) is 0 Å². The number of amides is 1. The summed E-state index contributed by atoms with van der Waals surface area (Å²) in [5.41, 5.74) is 0.228. The Kier molecular flexibility index (Phi) is 5.86. The van der Waals surface area contributed by atoms with Crippen molar-refractivity contribution < 1.29 is 14.3 Å². The van der Waals surface area contributed by atoms with E-state index in [0.29, 0.717) is 6.54 Å². The predicted molar refractivity (Wildman–Crippen MR) is 83.0 cm³/mol. The third kappa shape index (κ3) is 6.05. The van der Waals surface area contributed by atoms with Crippen molar-refractivity contribution >= 4 is 6.09 Å². The van der Waals surface area contributed by atoms with E-state index in [4.69, 9.17) is 9.47 Å². The summed E-state index contributed by atoms with van der Waals surface area (Å²) in [6.07, 6.45) is 1.12. The van der Waals surface area contributed by atoms with Gasteiger partial charge in [0.2, 0.25) is 0 Å². The van der Waals surface area contributed by atoms with Crippen molar-refractivity contribution in [2.45, 2.75) is 26.4 Å². The van der Waals surface area contributed by atoms with Crippen molar-refractivity contribution in [2.75, 3.05) is 13.7 Å². The lowest BCUT2D eigenvalue weighted by Gasteiger charge is -2.23. The highest BCUT2D eigenvalue weighted by molar-refractivity contribution is 5.70. The first-order chi connectivity index (χ1) is 9.85. The highest BCUT2D eigenvalue weighted by Crippen LogP contribution is 2.11. The fourth-order valence-corrected chi connectivity index (χ4v) is 1.42. The van der Waals surface area contributed by atoms with Gasteiger partial charge in [-0.3, -0.25) is 0 Å². The van der Waals surface area contributed by atoms with E-state index in [0.717, 1.165) is 11.3 Å². The Morgan fingerprint density at radius 2 is 1.95 bits per heavy atom. The number of carbonyl (C=O) groups excluding carboxylic acids is 1. The van der Waals surface area contributed by atoms with Gasteiger partial charge in [-0.25, -0.2) is 9.69 Å². The Morgan fingerprint density at radius 1 is 1.33 bits per heavy atom. The SMILES string of the molecule is C=CCN(C#Cc1ccc(OC)cc1)C(=O)OC(C)(C)C. The lowest BCUT2D eigenvalue weighted by atomic mass is 10.2. The van der Waals surface area contributed by atoms with Crippen molar-refractivity contribution in [3.05, 3.63) is 42.5 Å². The summed E-state index contributed by atoms with van der Waals surface area (Å²) in [5, 5.41) is 0. The minimum absolute atomic E-state index is 0.304. The fraction of sp³-hybridized carbons (Fsp3) is 0.353. The maximum Gasteiger partial charge on any atom is 0.422 e. The van der Waals surface area contributed by atoms with Crippen molar-refractivity contribution in [3.63, 3.8) is 0 Å². The Labute approximate surface area is 126 Å². The van der Waals surface area contributed by atoms with Crippen LogP contribution in [0.1, 0.15) is 26.3 Å². The minimum atomic E-state index is -0.557. The van der Waals surface area contributed by atoms with E-state index in [1.807, 2.05) is 45.0 Å². The van der Waals surface area contributed by atoms with Gasteiger partial charge in [0.1, 0.15) is 11.4 Å². The van der Waals surface area contributed by atoms with Gasteiger partial charge in [0, 0.05) is 11.6 Å². The van der Waals surface area contributed by atoms with E-state index in [1.165, 1.54) is 4.90 Å². The van der Waals surface area contributed by atoms with Gasteiger partial charge in [-0.15, -0.1) is 6.58 Å². The summed E-state index contributed by atoms with van der Waals surface area (Å²) in [6.45, 7) is 9.37. The van der Waals surface area contributed by atoms with Gasteiger partial charge in [-0.1, -0.05) is 6.08 Å². The molecule has 0 radical (unpaired) electrons. The molecule has 1 rings (SSSR count). The molecule has 0 atom stereocenters. The second-order valence-corrected chi connectivity index (χ2v) is 5.34. The monoisotopic (exact) mass is 287 g/mol. The number of nitrogens with zero attached hydrogens (tertiary/aromatic N) is 1. The Balaban J connectivity index is 2.85. The molecule has 0 unspecified atom stereocenters. The molecule has 4 heteroatoms. The van der Waals surface area contributed by atoms with Crippen LogP contribution < -0.4 is 4.74 Å². The second kappa shape index (κ2) is 7.39. The van der Waals surface area contributed by atoms with Gasteiger partial charge >= 0.3 is 6.09 Å². The van der Waals surface area contributed by atoms with E-state index < -0.39 is 11.7 Å². The molecule has 1 aromatic rings. The molecule has 1 amide bonds. The van der Waals surface area contributed by atoms with E-state index in [1.54, 1.807) is 13.2 Å². The molecule has 4 nitrogen and oxygen atoms in total. The molecule has 0 aliphatic heterocycles. The standard InChI is InChI=1S/C17H21NO3/c1-6-12-18(16(19)21-17(2,3)4)13-11-14-7-9-15(20-5)10-8-14/h6-10H,1,12H2,2-5H3. The molecule has 0 saturated carbocycles. The Morgan fingerprint density at radius 3 is 2.43 bits per heavy atom. The second-order valence-electron chi connectivity index (χ2n) is 5.34. The molecule has 0 N–H and O–H groups in total. The van der Waals surface area contributed by atoms with E-state index in [9.17, 15) is 4.79 Å². The average molecular weight is 287 g/mol. The van der Waals surface area contributed by atoms with Crippen LogP contribution in [0.5, 0.6) is 5.75 Å². The normalized spacial score (nSPS) is 10.1. The largest absolute Gasteiger partial charge is 0.497 e. The van der Waals surface area contributed by atoms with Gasteiger partial charge < -0.3 is 9.47 Å². The summed E-state index contributed by atoms with van der Waals surface area (Å²) >= 11 is 0. The number of rotatable bonds is 3. The quantitative estimate of drug-likeness (QED) is 0.486. The minimum Gasteiger partial charge on any atom is -0.497 e.